The van der Waals surface area contributed by atoms with E-state index in [1.165, 1.54) is 0 Å². The molecule has 0 bridgehead atoms. The van der Waals surface area contributed by atoms with E-state index in [-0.39, 0.29) is 12.0 Å². The van der Waals surface area contributed by atoms with Crippen LogP contribution in [-0.2, 0) is 5.41 Å². The third-order valence-electron chi connectivity index (χ3n) is 2.90. The Bertz CT molecular complexity index is 401. The minimum Gasteiger partial charge on any atom is -0.396 e. The topological polar surface area (TPSA) is 70.1 Å². The average molecular weight is 280 g/mol. The zero-order valence-corrected chi connectivity index (χ0v) is 13.2. The number of anilines is 2. The summed E-state index contributed by atoms with van der Waals surface area (Å²) in [7, 11) is 0. The average Bonchev–Trinajstić information content (AvgIpc) is 2.38. The van der Waals surface area contributed by atoms with Crippen molar-refractivity contribution in [1.29, 1.82) is 0 Å². The Labute approximate surface area is 122 Å². The van der Waals surface area contributed by atoms with Crippen LogP contribution >= 0.6 is 0 Å². The number of nitrogens with zero attached hydrogens (tertiary/aromatic N) is 2. The Morgan fingerprint density at radius 1 is 1.05 bits per heavy atom. The molecule has 0 aromatic carbocycles. The Hall–Kier alpha value is -1.36. The molecule has 0 spiro atoms. The Morgan fingerprint density at radius 3 is 2.25 bits per heavy atom. The van der Waals surface area contributed by atoms with Gasteiger partial charge in [0, 0.05) is 31.2 Å². The maximum absolute atomic E-state index is 8.75. The van der Waals surface area contributed by atoms with E-state index in [0.29, 0.717) is 0 Å². The molecule has 1 rings (SSSR count). The second-order valence-corrected chi connectivity index (χ2v) is 5.95. The van der Waals surface area contributed by atoms with Gasteiger partial charge in [0.1, 0.15) is 17.5 Å². The van der Waals surface area contributed by atoms with Gasteiger partial charge in [-0.15, -0.1) is 0 Å². The number of unbranched alkanes of at least 4 members (excludes halogenated alkanes) is 2. The van der Waals surface area contributed by atoms with E-state index >= 15 is 0 Å². The Morgan fingerprint density at radius 2 is 1.70 bits per heavy atom. The van der Waals surface area contributed by atoms with Crippen LogP contribution < -0.4 is 10.6 Å². The van der Waals surface area contributed by atoms with Crippen molar-refractivity contribution in [2.24, 2.45) is 0 Å². The minimum absolute atomic E-state index is 0.0707. The highest BCUT2D eigenvalue weighted by molar-refractivity contribution is 5.48. The number of aliphatic hydroxyl groups excluding tert-OH is 1. The number of aromatic nitrogens is 2. The van der Waals surface area contributed by atoms with Gasteiger partial charge in [0.05, 0.1) is 0 Å². The van der Waals surface area contributed by atoms with Crippen molar-refractivity contribution in [1.82, 2.24) is 9.97 Å². The maximum atomic E-state index is 8.75. The number of aliphatic hydroxyl groups is 1. The van der Waals surface area contributed by atoms with E-state index in [1.807, 2.05) is 6.07 Å². The fourth-order valence-electron chi connectivity index (χ4n) is 1.77. The van der Waals surface area contributed by atoms with Crippen LogP contribution in [0.15, 0.2) is 6.07 Å². The molecular formula is C15H28N4O. The third-order valence-corrected chi connectivity index (χ3v) is 2.90. The summed E-state index contributed by atoms with van der Waals surface area (Å²) in [5, 5.41) is 15.3. The lowest BCUT2D eigenvalue weighted by atomic mass is 9.96. The molecule has 5 nitrogen and oxygen atoms in total. The van der Waals surface area contributed by atoms with Crippen molar-refractivity contribution in [2.45, 2.75) is 52.4 Å². The third kappa shape index (κ3) is 5.74. The summed E-state index contributed by atoms with van der Waals surface area (Å²) in [5.41, 5.74) is -0.0707. The highest BCUT2D eigenvalue weighted by atomic mass is 16.2. The summed E-state index contributed by atoms with van der Waals surface area (Å²) in [6.07, 6.45) is 2.92. The number of hydrogen-bond acceptors (Lipinski definition) is 5. The molecule has 1 heterocycles. The molecule has 3 N–H and O–H groups in total. The molecule has 0 aliphatic rings. The van der Waals surface area contributed by atoms with E-state index < -0.39 is 0 Å². The minimum atomic E-state index is -0.0707. The van der Waals surface area contributed by atoms with Crippen LogP contribution in [0.3, 0.4) is 0 Å². The molecule has 0 saturated carbocycles. The molecule has 114 valence electrons. The van der Waals surface area contributed by atoms with Gasteiger partial charge in [-0.1, -0.05) is 20.8 Å². The first-order valence-corrected chi connectivity index (χ1v) is 7.45. The monoisotopic (exact) mass is 280 g/mol. The largest absolute Gasteiger partial charge is 0.396 e. The predicted molar refractivity (Wildman–Crippen MR) is 84.3 cm³/mol. The Balaban J connectivity index is 2.71. The molecular weight excluding hydrogens is 252 g/mol. The molecule has 0 saturated heterocycles. The van der Waals surface area contributed by atoms with Gasteiger partial charge in [0.15, 0.2) is 0 Å². The van der Waals surface area contributed by atoms with E-state index in [2.05, 4.69) is 48.3 Å². The molecule has 1 aromatic heterocycles. The van der Waals surface area contributed by atoms with Crippen molar-refractivity contribution in [3.05, 3.63) is 11.9 Å². The van der Waals surface area contributed by atoms with Gasteiger partial charge >= 0.3 is 0 Å². The van der Waals surface area contributed by atoms with Crippen molar-refractivity contribution in [2.75, 3.05) is 30.3 Å². The SMILES string of the molecule is CCNc1cc(NCCCCCO)nc(C(C)(C)C)n1. The summed E-state index contributed by atoms with van der Waals surface area (Å²) < 4.78 is 0. The van der Waals surface area contributed by atoms with Gasteiger partial charge in [-0.05, 0) is 26.2 Å². The van der Waals surface area contributed by atoms with Gasteiger partial charge < -0.3 is 15.7 Å². The van der Waals surface area contributed by atoms with Crippen molar-refractivity contribution >= 4 is 11.6 Å². The van der Waals surface area contributed by atoms with Crippen molar-refractivity contribution in [3.63, 3.8) is 0 Å². The fraction of sp³-hybridized carbons (Fsp3) is 0.733. The van der Waals surface area contributed by atoms with Gasteiger partial charge in [-0.3, -0.25) is 0 Å². The lowest BCUT2D eigenvalue weighted by molar-refractivity contribution is 0.283. The zero-order valence-electron chi connectivity index (χ0n) is 13.2. The molecule has 0 atom stereocenters. The molecule has 0 fully saturated rings. The highest BCUT2D eigenvalue weighted by Crippen LogP contribution is 2.22. The normalized spacial score (nSPS) is 11.4. The van der Waals surface area contributed by atoms with Crippen LogP contribution in [0.1, 0.15) is 52.8 Å². The van der Waals surface area contributed by atoms with Gasteiger partial charge in [-0.25, -0.2) is 9.97 Å². The van der Waals surface area contributed by atoms with Crippen LogP contribution in [0.4, 0.5) is 11.6 Å². The standard InChI is InChI=1S/C15H28N4O/c1-5-16-12-11-13(17-9-7-6-8-10-20)19-14(18-12)15(2,3)4/h11,20H,5-10H2,1-4H3,(H2,16,17,18,19). The zero-order chi connectivity index (χ0) is 15.0. The molecule has 0 radical (unpaired) electrons. The maximum Gasteiger partial charge on any atom is 0.138 e. The summed E-state index contributed by atoms with van der Waals surface area (Å²) in [6, 6.07) is 1.95. The van der Waals surface area contributed by atoms with Gasteiger partial charge in [-0.2, -0.15) is 0 Å². The van der Waals surface area contributed by atoms with Crippen molar-refractivity contribution < 1.29 is 5.11 Å². The van der Waals surface area contributed by atoms with Gasteiger partial charge in [0.2, 0.25) is 0 Å². The molecule has 1 aromatic rings. The lowest BCUT2D eigenvalue weighted by Crippen LogP contribution is -2.19. The van der Waals surface area contributed by atoms with E-state index in [9.17, 15) is 0 Å². The van der Waals surface area contributed by atoms with E-state index in [1.54, 1.807) is 0 Å². The first-order chi connectivity index (χ1) is 9.47. The second-order valence-electron chi connectivity index (χ2n) is 5.95. The number of rotatable bonds is 8. The lowest BCUT2D eigenvalue weighted by Gasteiger charge is -2.19. The van der Waals surface area contributed by atoms with Crippen LogP contribution in [0.2, 0.25) is 0 Å². The highest BCUT2D eigenvalue weighted by Gasteiger charge is 2.18. The summed E-state index contributed by atoms with van der Waals surface area (Å²) in [4.78, 5) is 9.15. The fourth-order valence-corrected chi connectivity index (χ4v) is 1.77. The Kier molecular flexibility index (Phi) is 6.71. The second kappa shape index (κ2) is 8.04. The van der Waals surface area contributed by atoms with Gasteiger partial charge in [0.25, 0.3) is 0 Å². The molecule has 20 heavy (non-hydrogen) atoms. The summed E-state index contributed by atoms with van der Waals surface area (Å²) >= 11 is 0. The van der Waals surface area contributed by atoms with Crippen LogP contribution in [0.25, 0.3) is 0 Å². The number of nitrogens with one attached hydrogen (secondary N) is 2. The molecule has 0 amide bonds. The molecule has 0 unspecified atom stereocenters. The summed E-state index contributed by atoms with van der Waals surface area (Å²) in [5.74, 6) is 2.57. The molecule has 5 heteroatoms. The van der Waals surface area contributed by atoms with E-state index in [0.717, 1.165) is 49.8 Å². The first kappa shape index (κ1) is 16.7. The smallest absolute Gasteiger partial charge is 0.138 e. The first-order valence-electron chi connectivity index (χ1n) is 7.45. The number of hydrogen-bond donors (Lipinski definition) is 3. The molecule has 0 aliphatic heterocycles. The summed E-state index contributed by atoms with van der Waals surface area (Å²) in [6.45, 7) is 10.4. The van der Waals surface area contributed by atoms with Crippen molar-refractivity contribution in [3.8, 4) is 0 Å². The van der Waals surface area contributed by atoms with Crippen LogP contribution in [0.5, 0.6) is 0 Å². The molecule has 0 aliphatic carbocycles. The van der Waals surface area contributed by atoms with Crippen LogP contribution in [0, 0.1) is 0 Å². The predicted octanol–water partition coefficient (Wildman–Crippen LogP) is 2.78. The quantitative estimate of drug-likeness (QED) is 0.639. The van der Waals surface area contributed by atoms with Crippen LogP contribution in [-0.4, -0.2) is 34.8 Å². The van der Waals surface area contributed by atoms with E-state index in [4.69, 9.17) is 5.11 Å².